The molecule has 150 valence electrons. The first kappa shape index (κ1) is 20.1. The van der Waals surface area contributed by atoms with Gasteiger partial charge in [0.15, 0.2) is 0 Å². The van der Waals surface area contributed by atoms with Crippen LogP contribution in [-0.4, -0.2) is 42.9 Å². The number of carbonyl (C=O) groups is 2. The smallest absolute Gasteiger partial charge is 0.241 e. The Morgan fingerprint density at radius 3 is 2.54 bits per heavy atom. The molecule has 1 fully saturated rings. The molecule has 1 aromatic carbocycles. The normalized spacial score (nSPS) is 15.3. The second-order valence-electron chi connectivity index (χ2n) is 7.24. The van der Waals surface area contributed by atoms with E-state index >= 15 is 0 Å². The Labute approximate surface area is 166 Å². The van der Waals surface area contributed by atoms with Gasteiger partial charge in [0.1, 0.15) is 5.76 Å². The first-order valence-electron chi connectivity index (χ1n) is 10.0. The van der Waals surface area contributed by atoms with Crippen LogP contribution in [-0.2, 0) is 16.1 Å². The Balaban J connectivity index is 1.58. The molecule has 1 N–H and O–H groups in total. The lowest BCUT2D eigenvalue weighted by molar-refractivity contribution is -0.126. The number of nitrogens with zero attached hydrogens (tertiary/aromatic N) is 2. The van der Waals surface area contributed by atoms with Crippen LogP contribution in [0.3, 0.4) is 0 Å². The van der Waals surface area contributed by atoms with E-state index in [4.69, 9.17) is 4.42 Å². The van der Waals surface area contributed by atoms with Crippen LogP contribution in [0.1, 0.15) is 31.9 Å². The average molecular weight is 383 g/mol. The van der Waals surface area contributed by atoms with Crippen molar-refractivity contribution in [2.45, 2.75) is 32.7 Å². The van der Waals surface area contributed by atoms with Gasteiger partial charge in [0.25, 0.3) is 0 Å². The molecule has 28 heavy (non-hydrogen) atoms. The molecule has 0 atom stereocenters. The lowest BCUT2D eigenvalue weighted by Gasteiger charge is -2.32. The largest absolute Gasteiger partial charge is 0.467 e. The van der Waals surface area contributed by atoms with Crippen LogP contribution >= 0.6 is 0 Å². The lowest BCUT2D eigenvalue weighted by Crippen LogP contribution is -2.45. The highest BCUT2D eigenvalue weighted by Crippen LogP contribution is 2.20. The minimum absolute atomic E-state index is 0.0384. The molecular weight excluding hydrogens is 354 g/mol. The van der Waals surface area contributed by atoms with Gasteiger partial charge in [-0.1, -0.05) is 25.1 Å². The van der Waals surface area contributed by atoms with Crippen molar-refractivity contribution in [1.29, 1.82) is 0 Å². The summed E-state index contributed by atoms with van der Waals surface area (Å²) >= 11 is 0. The number of rotatable bonds is 8. The SMILES string of the molecule is CCCNC(=O)C1CCN(CC(=O)N(Cc2ccco2)c2ccccc2)CC1. The highest BCUT2D eigenvalue weighted by molar-refractivity contribution is 5.94. The van der Waals surface area contributed by atoms with Crippen molar-refractivity contribution in [2.75, 3.05) is 31.1 Å². The second kappa shape index (κ2) is 10.1. The van der Waals surface area contributed by atoms with Crippen molar-refractivity contribution >= 4 is 17.5 Å². The molecule has 1 aromatic heterocycles. The van der Waals surface area contributed by atoms with Crippen molar-refractivity contribution < 1.29 is 14.0 Å². The van der Waals surface area contributed by atoms with Gasteiger partial charge in [0.2, 0.25) is 11.8 Å². The van der Waals surface area contributed by atoms with Gasteiger partial charge in [0.05, 0.1) is 19.4 Å². The molecule has 0 saturated carbocycles. The van der Waals surface area contributed by atoms with Crippen LogP contribution in [0.4, 0.5) is 5.69 Å². The highest BCUT2D eigenvalue weighted by Gasteiger charge is 2.27. The maximum absolute atomic E-state index is 13.1. The first-order chi connectivity index (χ1) is 13.7. The van der Waals surface area contributed by atoms with Gasteiger partial charge in [-0.2, -0.15) is 0 Å². The fraction of sp³-hybridized carbons (Fsp3) is 0.455. The predicted molar refractivity (Wildman–Crippen MR) is 109 cm³/mol. The van der Waals surface area contributed by atoms with Gasteiger partial charge < -0.3 is 14.6 Å². The van der Waals surface area contributed by atoms with Gasteiger partial charge in [-0.25, -0.2) is 0 Å². The molecule has 2 heterocycles. The molecule has 1 aliphatic rings. The van der Waals surface area contributed by atoms with E-state index in [2.05, 4.69) is 17.1 Å². The van der Waals surface area contributed by atoms with Crippen molar-refractivity contribution in [3.8, 4) is 0 Å². The molecule has 0 unspecified atom stereocenters. The summed E-state index contributed by atoms with van der Waals surface area (Å²) in [6.07, 6.45) is 4.17. The van der Waals surface area contributed by atoms with Crippen molar-refractivity contribution in [1.82, 2.24) is 10.2 Å². The standard InChI is InChI=1S/C22H29N3O3/c1-2-12-23-22(27)18-10-13-24(14-11-18)17-21(26)25(16-20-9-6-15-28-20)19-7-4-3-5-8-19/h3-9,15,18H,2,10-14,16-17H2,1H3,(H,23,27). The third-order valence-corrected chi connectivity index (χ3v) is 5.13. The number of carbonyl (C=O) groups excluding carboxylic acids is 2. The monoisotopic (exact) mass is 383 g/mol. The summed E-state index contributed by atoms with van der Waals surface area (Å²) in [6.45, 7) is 5.06. The van der Waals surface area contributed by atoms with E-state index in [9.17, 15) is 9.59 Å². The fourth-order valence-electron chi connectivity index (χ4n) is 3.51. The lowest BCUT2D eigenvalue weighted by atomic mass is 9.96. The fourth-order valence-corrected chi connectivity index (χ4v) is 3.51. The van der Waals surface area contributed by atoms with Gasteiger partial charge in [-0.15, -0.1) is 0 Å². The van der Waals surface area contributed by atoms with Gasteiger partial charge >= 0.3 is 0 Å². The quantitative estimate of drug-likeness (QED) is 0.761. The summed E-state index contributed by atoms with van der Waals surface area (Å²) in [6, 6.07) is 13.4. The highest BCUT2D eigenvalue weighted by atomic mass is 16.3. The third kappa shape index (κ3) is 5.45. The number of nitrogens with one attached hydrogen (secondary N) is 1. The van der Waals surface area contributed by atoms with Crippen LogP contribution < -0.4 is 10.2 Å². The number of anilines is 1. The number of likely N-dealkylation sites (tertiary alicyclic amines) is 1. The van der Waals surface area contributed by atoms with E-state index in [0.29, 0.717) is 13.1 Å². The van der Waals surface area contributed by atoms with E-state index in [0.717, 1.165) is 50.3 Å². The Morgan fingerprint density at radius 1 is 1.14 bits per heavy atom. The van der Waals surface area contributed by atoms with E-state index < -0.39 is 0 Å². The molecule has 6 heteroatoms. The van der Waals surface area contributed by atoms with Crippen LogP contribution in [0.2, 0.25) is 0 Å². The molecule has 0 bridgehead atoms. The predicted octanol–water partition coefficient (Wildman–Crippen LogP) is 3.05. The number of hydrogen-bond donors (Lipinski definition) is 1. The number of amides is 2. The summed E-state index contributed by atoms with van der Waals surface area (Å²) in [5, 5.41) is 2.98. The van der Waals surface area contributed by atoms with Crippen molar-refractivity contribution in [2.24, 2.45) is 5.92 Å². The zero-order chi connectivity index (χ0) is 19.8. The maximum Gasteiger partial charge on any atom is 0.241 e. The molecule has 0 aliphatic carbocycles. The molecule has 1 aliphatic heterocycles. The van der Waals surface area contributed by atoms with Crippen LogP contribution in [0, 0.1) is 5.92 Å². The maximum atomic E-state index is 13.1. The van der Waals surface area contributed by atoms with Gasteiger partial charge in [0, 0.05) is 18.2 Å². The minimum Gasteiger partial charge on any atom is -0.467 e. The van der Waals surface area contributed by atoms with Gasteiger partial charge in [-0.05, 0) is 56.6 Å². The Kier molecular flexibility index (Phi) is 7.25. The van der Waals surface area contributed by atoms with E-state index in [-0.39, 0.29) is 17.7 Å². The van der Waals surface area contributed by atoms with Crippen molar-refractivity contribution in [3.05, 3.63) is 54.5 Å². The summed E-state index contributed by atoms with van der Waals surface area (Å²) in [5.74, 6) is 1.00. The number of benzene rings is 1. The Hall–Kier alpha value is -2.60. The van der Waals surface area contributed by atoms with E-state index in [1.165, 1.54) is 0 Å². The van der Waals surface area contributed by atoms with E-state index in [1.54, 1.807) is 11.2 Å². The second-order valence-corrected chi connectivity index (χ2v) is 7.24. The van der Waals surface area contributed by atoms with E-state index in [1.807, 2.05) is 42.5 Å². The summed E-state index contributed by atoms with van der Waals surface area (Å²) in [4.78, 5) is 29.1. The minimum atomic E-state index is 0.0384. The topological polar surface area (TPSA) is 65.8 Å². The number of hydrogen-bond acceptors (Lipinski definition) is 4. The molecule has 6 nitrogen and oxygen atoms in total. The zero-order valence-electron chi connectivity index (χ0n) is 16.5. The van der Waals surface area contributed by atoms with Gasteiger partial charge in [-0.3, -0.25) is 14.5 Å². The van der Waals surface area contributed by atoms with Crippen LogP contribution in [0.25, 0.3) is 0 Å². The molecule has 0 radical (unpaired) electrons. The van der Waals surface area contributed by atoms with Crippen molar-refractivity contribution in [3.63, 3.8) is 0 Å². The Morgan fingerprint density at radius 2 is 1.89 bits per heavy atom. The number of para-hydroxylation sites is 1. The molecule has 1 saturated heterocycles. The number of piperidine rings is 1. The molecule has 3 rings (SSSR count). The summed E-state index contributed by atoms with van der Waals surface area (Å²) in [5.41, 5.74) is 0.859. The number of furan rings is 1. The third-order valence-electron chi connectivity index (χ3n) is 5.13. The average Bonchev–Trinajstić information content (AvgIpc) is 3.24. The summed E-state index contributed by atoms with van der Waals surface area (Å²) < 4.78 is 5.45. The zero-order valence-corrected chi connectivity index (χ0v) is 16.5. The van der Waals surface area contributed by atoms with Crippen LogP contribution in [0.15, 0.2) is 53.1 Å². The molecule has 2 aromatic rings. The first-order valence-corrected chi connectivity index (χ1v) is 10.0. The molecular formula is C22H29N3O3. The Bertz CT molecular complexity index is 738. The molecule has 2 amide bonds. The van der Waals surface area contributed by atoms with Crippen LogP contribution in [0.5, 0.6) is 0 Å². The summed E-state index contributed by atoms with van der Waals surface area (Å²) in [7, 11) is 0. The molecule has 0 spiro atoms.